The fourth-order valence-corrected chi connectivity index (χ4v) is 2.12. The van der Waals surface area contributed by atoms with E-state index in [1.807, 2.05) is 18.4 Å². The van der Waals surface area contributed by atoms with Crippen molar-refractivity contribution in [1.29, 1.82) is 0 Å². The molecule has 0 spiro atoms. The van der Waals surface area contributed by atoms with Crippen LogP contribution in [0.4, 0.5) is 0 Å². The molecule has 2 aromatic heterocycles. The average molecular weight is 288 g/mol. The summed E-state index contributed by atoms with van der Waals surface area (Å²) >= 11 is 0. The van der Waals surface area contributed by atoms with Gasteiger partial charge in [0.25, 0.3) is 5.91 Å². The van der Waals surface area contributed by atoms with Crippen molar-refractivity contribution in [3.05, 3.63) is 47.3 Å². The van der Waals surface area contributed by atoms with Crippen molar-refractivity contribution in [1.82, 2.24) is 19.9 Å². The van der Waals surface area contributed by atoms with Gasteiger partial charge in [0, 0.05) is 36.8 Å². The lowest BCUT2D eigenvalue weighted by atomic mass is 10.2. The summed E-state index contributed by atoms with van der Waals surface area (Å²) < 4.78 is 7.01. The number of pyridine rings is 1. The molecule has 1 amide bonds. The highest BCUT2D eigenvalue weighted by molar-refractivity contribution is 5.94. The van der Waals surface area contributed by atoms with Gasteiger partial charge in [0.05, 0.1) is 25.2 Å². The molecule has 2 heterocycles. The van der Waals surface area contributed by atoms with Crippen LogP contribution in [0.3, 0.4) is 0 Å². The van der Waals surface area contributed by atoms with E-state index in [9.17, 15) is 4.79 Å². The zero-order chi connectivity index (χ0) is 15.2. The summed E-state index contributed by atoms with van der Waals surface area (Å²) in [5.41, 5.74) is 3.25. The molecule has 0 radical (unpaired) electrons. The summed E-state index contributed by atoms with van der Waals surface area (Å²) in [6.45, 7) is 5.52. The number of rotatable bonds is 6. The van der Waals surface area contributed by atoms with Gasteiger partial charge in [0.2, 0.25) is 0 Å². The topological polar surface area (TPSA) is 69.0 Å². The quantitative estimate of drug-likeness (QED) is 0.874. The second-order valence-electron chi connectivity index (χ2n) is 4.89. The standard InChI is InChI=1S/C15H20N4O2/c1-11-6-13(7-12(2)18-11)15(20)17-9-14-8-16-10-19(14)4-5-21-3/h6-8,10H,4-5,9H2,1-3H3,(H,17,20). The Morgan fingerprint density at radius 1 is 1.33 bits per heavy atom. The van der Waals surface area contributed by atoms with Crippen LogP contribution in [0.1, 0.15) is 27.4 Å². The number of ether oxygens (including phenoxy) is 1. The number of amides is 1. The van der Waals surface area contributed by atoms with Crippen LogP contribution in [-0.2, 0) is 17.8 Å². The van der Waals surface area contributed by atoms with Gasteiger partial charge in [-0.15, -0.1) is 0 Å². The molecular weight excluding hydrogens is 268 g/mol. The van der Waals surface area contributed by atoms with E-state index in [2.05, 4.69) is 15.3 Å². The lowest BCUT2D eigenvalue weighted by molar-refractivity contribution is 0.0949. The van der Waals surface area contributed by atoms with Crippen LogP contribution in [0.15, 0.2) is 24.7 Å². The van der Waals surface area contributed by atoms with E-state index in [-0.39, 0.29) is 5.91 Å². The van der Waals surface area contributed by atoms with Gasteiger partial charge in [-0.3, -0.25) is 9.78 Å². The summed E-state index contributed by atoms with van der Waals surface area (Å²) in [7, 11) is 1.66. The van der Waals surface area contributed by atoms with E-state index in [1.165, 1.54) is 0 Å². The van der Waals surface area contributed by atoms with E-state index in [0.29, 0.717) is 18.7 Å². The van der Waals surface area contributed by atoms with E-state index in [1.54, 1.807) is 31.8 Å². The Kier molecular flexibility index (Phi) is 5.05. The fourth-order valence-electron chi connectivity index (χ4n) is 2.12. The molecule has 6 nitrogen and oxygen atoms in total. The summed E-state index contributed by atoms with van der Waals surface area (Å²) in [6.07, 6.45) is 3.49. The zero-order valence-corrected chi connectivity index (χ0v) is 12.6. The molecule has 2 rings (SSSR count). The van der Waals surface area contributed by atoms with Crippen LogP contribution < -0.4 is 5.32 Å². The maximum atomic E-state index is 12.2. The van der Waals surface area contributed by atoms with Gasteiger partial charge in [-0.1, -0.05) is 0 Å². The van der Waals surface area contributed by atoms with Crippen molar-refractivity contribution in [3.8, 4) is 0 Å². The molecule has 0 aromatic carbocycles. The third-order valence-electron chi connectivity index (χ3n) is 3.11. The number of nitrogens with one attached hydrogen (secondary N) is 1. The molecule has 0 atom stereocenters. The predicted molar refractivity (Wildman–Crippen MR) is 79.0 cm³/mol. The highest BCUT2D eigenvalue weighted by atomic mass is 16.5. The van der Waals surface area contributed by atoms with Gasteiger partial charge in [0.1, 0.15) is 0 Å². The first-order chi connectivity index (χ1) is 10.1. The molecule has 0 unspecified atom stereocenters. The molecule has 0 bridgehead atoms. The van der Waals surface area contributed by atoms with Crippen molar-refractivity contribution < 1.29 is 9.53 Å². The maximum absolute atomic E-state index is 12.2. The highest BCUT2D eigenvalue weighted by Crippen LogP contribution is 2.06. The number of hydrogen-bond donors (Lipinski definition) is 1. The van der Waals surface area contributed by atoms with E-state index in [0.717, 1.165) is 23.6 Å². The zero-order valence-electron chi connectivity index (χ0n) is 12.6. The number of aryl methyl sites for hydroxylation is 2. The Balaban J connectivity index is 1.99. The summed E-state index contributed by atoms with van der Waals surface area (Å²) in [4.78, 5) is 20.5. The number of methoxy groups -OCH3 is 1. The lowest BCUT2D eigenvalue weighted by Gasteiger charge is -2.09. The molecule has 0 fully saturated rings. The van der Waals surface area contributed by atoms with Crippen molar-refractivity contribution in [3.63, 3.8) is 0 Å². The fraction of sp³-hybridized carbons (Fsp3) is 0.400. The first-order valence-corrected chi connectivity index (χ1v) is 6.81. The molecule has 0 saturated carbocycles. The first kappa shape index (κ1) is 15.2. The van der Waals surface area contributed by atoms with Gasteiger partial charge >= 0.3 is 0 Å². The van der Waals surface area contributed by atoms with E-state index >= 15 is 0 Å². The maximum Gasteiger partial charge on any atom is 0.251 e. The molecule has 6 heteroatoms. The van der Waals surface area contributed by atoms with Gasteiger partial charge in [-0.05, 0) is 26.0 Å². The van der Waals surface area contributed by atoms with E-state index < -0.39 is 0 Å². The van der Waals surface area contributed by atoms with E-state index in [4.69, 9.17) is 4.74 Å². The van der Waals surface area contributed by atoms with Crippen molar-refractivity contribution >= 4 is 5.91 Å². The number of carbonyl (C=O) groups is 1. The molecule has 0 aliphatic rings. The van der Waals surface area contributed by atoms with Gasteiger partial charge in [-0.2, -0.15) is 0 Å². The van der Waals surface area contributed by atoms with Gasteiger partial charge < -0.3 is 14.6 Å². The van der Waals surface area contributed by atoms with Crippen LogP contribution in [0, 0.1) is 13.8 Å². The minimum atomic E-state index is -0.108. The highest BCUT2D eigenvalue weighted by Gasteiger charge is 2.09. The van der Waals surface area contributed by atoms with Crippen LogP contribution in [0.2, 0.25) is 0 Å². The Bertz CT molecular complexity index is 602. The normalized spacial score (nSPS) is 10.6. The molecule has 2 aromatic rings. The van der Waals surface area contributed by atoms with Crippen LogP contribution in [-0.4, -0.2) is 34.2 Å². The number of hydrogen-bond acceptors (Lipinski definition) is 4. The molecule has 0 aliphatic carbocycles. The molecule has 112 valence electrons. The number of nitrogens with zero attached hydrogens (tertiary/aromatic N) is 3. The summed E-state index contributed by atoms with van der Waals surface area (Å²) in [5, 5.41) is 2.90. The monoisotopic (exact) mass is 288 g/mol. The van der Waals surface area contributed by atoms with Crippen molar-refractivity contribution in [2.24, 2.45) is 0 Å². The summed E-state index contributed by atoms with van der Waals surface area (Å²) in [5.74, 6) is -0.108. The van der Waals surface area contributed by atoms with Gasteiger partial charge in [-0.25, -0.2) is 4.98 Å². The number of carbonyl (C=O) groups excluding carboxylic acids is 1. The first-order valence-electron chi connectivity index (χ1n) is 6.81. The second-order valence-corrected chi connectivity index (χ2v) is 4.89. The molecule has 1 N–H and O–H groups in total. The second kappa shape index (κ2) is 6.99. The number of aromatic nitrogens is 3. The Morgan fingerprint density at radius 3 is 2.71 bits per heavy atom. The largest absolute Gasteiger partial charge is 0.383 e. The Morgan fingerprint density at radius 2 is 2.05 bits per heavy atom. The Labute approximate surface area is 124 Å². The predicted octanol–water partition coefficient (Wildman–Crippen LogP) is 1.47. The minimum Gasteiger partial charge on any atom is -0.383 e. The van der Waals surface area contributed by atoms with Crippen LogP contribution in [0.25, 0.3) is 0 Å². The third-order valence-corrected chi connectivity index (χ3v) is 3.11. The van der Waals surface area contributed by atoms with Crippen LogP contribution in [0.5, 0.6) is 0 Å². The lowest BCUT2D eigenvalue weighted by Crippen LogP contribution is -2.24. The molecule has 21 heavy (non-hydrogen) atoms. The third kappa shape index (κ3) is 4.13. The SMILES string of the molecule is COCCn1cncc1CNC(=O)c1cc(C)nc(C)c1. The minimum absolute atomic E-state index is 0.108. The molecule has 0 aliphatic heterocycles. The van der Waals surface area contributed by atoms with Crippen LogP contribution >= 0.6 is 0 Å². The molecular formula is C15H20N4O2. The number of imidazole rings is 1. The average Bonchev–Trinajstić information content (AvgIpc) is 2.88. The van der Waals surface area contributed by atoms with Crippen molar-refractivity contribution in [2.75, 3.05) is 13.7 Å². The smallest absolute Gasteiger partial charge is 0.251 e. The summed E-state index contributed by atoms with van der Waals surface area (Å²) in [6, 6.07) is 3.56. The van der Waals surface area contributed by atoms with Gasteiger partial charge in [0.15, 0.2) is 0 Å². The van der Waals surface area contributed by atoms with Crippen molar-refractivity contribution in [2.45, 2.75) is 26.9 Å². The molecule has 0 saturated heterocycles. The Hall–Kier alpha value is -2.21.